The molecule has 0 unspecified atom stereocenters. The number of benzene rings is 3. The molecule has 0 atom stereocenters. The summed E-state index contributed by atoms with van der Waals surface area (Å²) in [5.74, 6) is 1.53. The molecule has 0 bridgehead atoms. The maximum absolute atomic E-state index is 13.0. The molecule has 0 amide bonds. The Balaban J connectivity index is 1.62. The van der Waals surface area contributed by atoms with Gasteiger partial charge in [0.2, 0.25) is 5.78 Å². The van der Waals surface area contributed by atoms with Crippen LogP contribution < -0.4 is 33.2 Å². The van der Waals surface area contributed by atoms with E-state index in [-0.39, 0.29) is 28.6 Å². The van der Waals surface area contributed by atoms with Crippen LogP contribution in [0.25, 0.3) is 6.08 Å². The van der Waals surface area contributed by atoms with E-state index in [9.17, 15) is 9.59 Å². The molecule has 0 radical (unpaired) electrons. The molecule has 1 aliphatic heterocycles. The second-order valence-electron chi connectivity index (χ2n) is 7.47. The number of carbonyl (C=O) groups is 2. The Bertz CT molecular complexity index is 1340. The van der Waals surface area contributed by atoms with Crippen molar-refractivity contribution in [2.75, 3.05) is 35.5 Å². The van der Waals surface area contributed by atoms with Gasteiger partial charge < -0.3 is 33.2 Å². The zero-order valence-electron chi connectivity index (χ0n) is 20.4. The number of esters is 1. The van der Waals surface area contributed by atoms with Gasteiger partial charge in [0, 0.05) is 17.7 Å². The fourth-order valence-electron chi connectivity index (χ4n) is 3.75. The molecule has 0 aromatic heterocycles. The highest BCUT2D eigenvalue weighted by Crippen LogP contribution is 2.39. The average molecular weight is 492 g/mol. The van der Waals surface area contributed by atoms with Crippen LogP contribution in [0.5, 0.6) is 40.2 Å². The van der Waals surface area contributed by atoms with E-state index in [1.165, 1.54) is 53.7 Å². The number of carbonyl (C=O) groups excluding carboxylic acids is 2. The van der Waals surface area contributed by atoms with Crippen molar-refractivity contribution < 1.29 is 42.7 Å². The molecular weight excluding hydrogens is 468 g/mol. The third-order valence-corrected chi connectivity index (χ3v) is 5.51. The fourth-order valence-corrected chi connectivity index (χ4v) is 3.75. The van der Waals surface area contributed by atoms with Gasteiger partial charge in [0.25, 0.3) is 0 Å². The Hall–Kier alpha value is -4.66. The number of hydrogen-bond acceptors (Lipinski definition) is 9. The lowest BCUT2D eigenvalue weighted by Crippen LogP contribution is -2.12. The van der Waals surface area contributed by atoms with Gasteiger partial charge in [-0.2, -0.15) is 0 Å². The molecule has 9 nitrogen and oxygen atoms in total. The lowest BCUT2D eigenvalue weighted by atomic mass is 10.1. The van der Waals surface area contributed by atoms with Gasteiger partial charge in [-0.25, -0.2) is 4.79 Å². The van der Waals surface area contributed by atoms with Crippen LogP contribution >= 0.6 is 0 Å². The van der Waals surface area contributed by atoms with Crippen molar-refractivity contribution in [3.05, 3.63) is 71.0 Å². The van der Waals surface area contributed by atoms with E-state index < -0.39 is 5.97 Å². The summed E-state index contributed by atoms with van der Waals surface area (Å²) in [6, 6.07) is 12.8. The predicted octanol–water partition coefficient (Wildman–Crippen LogP) is 4.57. The minimum absolute atomic E-state index is 0.0744. The third-order valence-electron chi connectivity index (χ3n) is 5.51. The lowest BCUT2D eigenvalue weighted by molar-refractivity contribution is 0.0727. The summed E-state index contributed by atoms with van der Waals surface area (Å²) in [5, 5.41) is 0. The highest BCUT2D eigenvalue weighted by molar-refractivity contribution is 6.14. The lowest BCUT2D eigenvalue weighted by Gasteiger charge is -2.12. The van der Waals surface area contributed by atoms with Crippen molar-refractivity contribution in [1.29, 1.82) is 0 Å². The molecule has 4 rings (SSSR count). The average Bonchev–Trinajstić information content (AvgIpc) is 3.21. The van der Waals surface area contributed by atoms with Gasteiger partial charge in [-0.15, -0.1) is 0 Å². The van der Waals surface area contributed by atoms with Crippen LogP contribution in [0.15, 0.2) is 54.3 Å². The molecule has 0 N–H and O–H groups in total. The van der Waals surface area contributed by atoms with Crippen LogP contribution in [0, 0.1) is 0 Å². The second-order valence-corrected chi connectivity index (χ2v) is 7.47. The molecule has 9 heteroatoms. The van der Waals surface area contributed by atoms with Crippen LogP contribution in [0.2, 0.25) is 0 Å². The molecule has 0 spiro atoms. The molecule has 0 saturated heterocycles. The van der Waals surface area contributed by atoms with Crippen molar-refractivity contribution in [2.24, 2.45) is 0 Å². The van der Waals surface area contributed by atoms with E-state index in [4.69, 9.17) is 33.2 Å². The van der Waals surface area contributed by atoms with Crippen LogP contribution in [0.3, 0.4) is 0 Å². The van der Waals surface area contributed by atoms with E-state index in [2.05, 4.69) is 0 Å². The molecule has 0 fully saturated rings. The minimum atomic E-state index is -0.681. The summed E-state index contributed by atoms with van der Waals surface area (Å²) in [6.07, 6.45) is 1.55. The number of rotatable bonds is 8. The van der Waals surface area contributed by atoms with Crippen LogP contribution in [0.4, 0.5) is 0 Å². The first-order valence-corrected chi connectivity index (χ1v) is 10.8. The van der Waals surface area contributed by atoms with Crippen molar-refractivity contribution in [3.8, 4) is 40.2 Å². The standard InChI is InChI=1S/C27H24O9/c1-30-18-7-6-8-19(31-2)25(18)27(29)35-16-9-10-17-21(13-16)36-24(26(17)28)12-15-11-22(33-4)23(34-5)14-20(15)32-3/h6-14H,1-5H3. The van der Waals surface area contributed by atoms with Crippen molar-refractivity contribution in [3.63, 3.8) is 0 Å². The summed E-state index contributed by atoms with van der Waals surface area (Å²) in [5.41, 5.74) is 1.03. The van der Waals surface area contributed by atoms with E-state index in [0.29, 0.717) is 39.9 Å². The van der Waals surface area contributed by atoms with Gasteiger partial charge in [-0.3, -0.25) is 4.79 Å². The van der Waals surface area contributed by atoms with Gasteiger partial charge in [-0.05, 0) is 36.4 Å². The number of methoxy groups -OCH3 is 5. The smallest absolute Gasteiger partial charge is 0.351 e. The fraction of sp³-hybridized carbons (Fsp3) is 0.185. The number of hydrogen-bond donors (Lipinski definition) is 0. The maximum Gasteiger partial charge on any atom is 0.351 e. The zero-order valence-corrected chi connectivity index (χ0v) is 20.4. The number of ketones is 1. The predicted molar refractivity (Wildman–Crippen MR) is 130 cm³/mol. The van der Waals surface area contributed by atoms with E-state index in [1.54, 1.807) is 36.4 Å². The summed E-state index contributed by atoms with van der Waals surface area (Å²) < 4.78 is 38.0. The maximum atomic E-state index is 13.0. The van der Waals surface area contributed by atoms with Crippen molar-refractivity contribution in [1.82, 2.24) is 0 Å². The van der Waals surface area contributed by atoms with Crippen molar-refractivity contribution >= 4 is 17.8 Å². The van der Waals surface area contributed by atoms with Gasteiger partial charge in [-0.1, -0.05) is 6.07 Å². The number of fused-ring (bicyclic) bond motifs is 1. The molecule has 36 heavy (non-hydrogen) atoms. The minimum Gasteiger partial charge on any atom is -0.496 e. The second kappa shape index (κ2) is 10.3. The molecular formula is C27H24O9. The highest BCUT2D eigenvalue weighted by Gasteiger charge is 2.29. The molecule has 1 heterocycles. The molecule has 0 aliphatic carbocycles. The van der Waals surface area contributed by atoms with Gasteiger partial charge in [0.15, 0.2) is 17.3 Å². The normalized spacial score (nSPS) is 13.0. The molecule has 1 aliphatic rings. The summed E-state index contributed by atoms with van der Waals surface area (Å²) in [7, 11) is 7.43. The summed E-state index contributed by atoms with van der Waals surface area (Å²) in [6.45, 7) is 0. The molecule has 0 saturated carbocycles. The quantitative estimate of drug-likeness (QED) is 0.254. The topological polar surface area (TPSA) is 98.8 Å². The Morgan fingerprint density at radius 3 is 1.97 bits per heavy atom. The molecule has 3 aromatic carbocycles. The van der Waals surface area contributed by atoms with Gasteiger partial charge >= 0.3 is 5.97 Å². The third kappa shape index (κ3) is 4.50. The summed E-state index contributed by atoms with van der Waals surface area (Å²) in [4.78, 5) is 25.9. The largest absolute Gasteiger partial charge is 0.496 e. The van der Waals surface area contributed by atoms with E-state index in [0.717, 1.165) is 0 Å². The number of allylic oxidation sites excluding steroid dienone is 1. The monoisotopic (exact) mass is 492 g/mol. The van der Waals surface area contributed by atoms with E-state index in [1.807, 2.05) is 0 Å². The molecule has 186 valence electrons. The number of Topliss-reactive ketones (excluding diaryl/α,β-unsaturated/α-hetero) is 1. The first-order valence-electron chi connectivity index (χ1n) is 10.8. The Morgan fingerprint density at radius 2 is 1.36 bits per heavy atom. The summed E-state index contributed by atoms with van der Waals surface area (Å²) >= 11 is 0. The Kier molecular flexibility index (Phi) is 7.00. The highest BCUT2D eigenvalue weighted by atomic mass is 16.5. The van der Waals surface area contributed by atoms with Crippen LogP contribution in [-0.2, 0) is 0 Å². The number of ether oxygens (including phenoxy) is 7. The first-order chi connectivity index (χ1) is 17.4. The van der Waals surface area contributed by atoms with E-state index >= 15 is 0 Å². The Morgan fingerprint density at radius 1 is 0.750 bits per heavy atom. The zero-order chi connectivity index (χ0) is 25.8. The SMILES string of the molecule is COc1cc(OC)c(OC)cc1C=C1Oc2cc(OC(=O)c3c(OC)cccc3OC)ccc2C1=O. The van der Waals surface area contributed by atoms with Gasteiger partial charge in [0.05, 0.1) is 41.1 Å². The van der Waals surface area contributed by atoms with Crippen LogP contribution in [-0.4, -0.2) is 47.3 Å². The van der Waals surface area contributed by atoms with Crippen molar-refractivity contribution in [2.45, 2.75) is 0 Å². The first kappa shape index (κ1) is 24.5. The molecule has 3 aromatic rings. The van der Waals surface area contributed by atoms with Crippen LogP contribution in [0.1, 0.15) is 26.3 Å². The Labute approximate surface area is 207 Å². The van der Waals surface area contributed by atoms with Gasteiger partial charge in [0.1, 0.15) is 34.3 Å².